The van der Waals surface area contributed by atoms with Crippen molar-refractivity contribution in [3.63, 3.8) is 0 Å². The van der Waals surface area contributed by atoms with E-state index in [9.17, 15) is 4.79 Å². The summed E-state index contributed by atoms with van der Waals surface area (Å²) in [5, 5.41) is 0.965. The maximum atomic E-state index is 11.3. The number of aryl methyl sites for hydroxylation is 2. The van der Waals surface area contributed by atoms with Crippen LogP contribution in [-0.2, 0) is 0 Å². The molecular weight excluding hydrogens is 236 g/mol. The first-order valence-corrected chi connectivity index (χ1v) is 6.25. The second kappa shape index (κ2) is 4.39. The molecule has 1 heterocycles. The molecular formula is C17H14O2. The van der Waals surface area contributed by atoms with Gasteiger partial charge in [-0.1, -0.05) is 41.5 Å². The van der Waals surface area contributed by atoms with E-state index in [1.54, 1.807) is 0 Å². The van der Waals surface area contributed by atoms with Crippen LogP contribution in [0.1, 0.15) is 11.1 Å². The smallest absolute Gasteiger partial charge is 0.336 e. The molecule has 0 fully saturated rings. The van der Waals surface area contributed by atoms with Crippen molar-refractivity contribution in [1.82, 2.24) is 0 Å². The SMILES string of the molecule is Cc1cc(C)cc(-c2cccc3oc(=O)ccc23)c1. The van der Waals surface area contributed by atoms with E-state index in [-0.39, 0.29) is 5.63 Å². The second-order valence-electron chi connectivity index (χ2n) is 4.85. The van der Waals surface area contributed by atoms with Crippen LogP contribution in [-0.4, -0.2) is 0 Å². The molecule has 0 saturated heterocycles. The number of fused-ring (bicyclic) bond motifs is 1. The molecule has 0 spiro atoms. The van der Waals surface area contributed by atoms with Crippen molar-refractivity contribution in [1.29, 1.82) is 0 Å². The lowest BCUT2D eigenvalue weighted by atomic mass is 9.98. The van der Waals surface area contributed by atoms with Crippen LogP contribution in [0.5, 0.6) is 0 Å². The van der Waals surface area contributed by atoms with Crippen molar-refractivity contribution in [3.8, 4) is 11.1 Å². The number of hydrogen-bond donors (Lipinski definition) is 0. The van der Waals surface area contributed by atoms with Gasteiger partial charge < -0.3 is 4.42 Å². The maximum absolute atomic E-state index is 11.3. The van der Waals surface area contributed by atoms with E-state index in [4.69, 9.17) is 4.42 Å². The van der Waals surface area contributed by atoms with Crippen molar-refractivity contribution >= 4 is 11.0 Å². The summed E-state index contributed by atoms with van der Waals surface area (Å²) in [6.07, 6.45) is 0. The Morgan fingerprint density at radius 1 is 0.895 bits per heavy atom. The molecule has 0 radical (unpaired) electrons. The zero-order valence-electron chi connectivity index (χ0n) is 10.9. The van der Waals surface area contributed by atoms with Gasteiger partial charge in [0.25, 0.3) is 0 Å². The van der Waals surface area contributed by atoms with E-state index < -0.39 is 0 Å². The van der Waals surface area contributed by atoms with Gasteiger partial charge in [0.15, 0.2) is 0 Å². The Kier molecular flexibility index (Phi) is 2.71. The maximum Gasteiger partial charge on any atom is 0.336 e. The Morgan fingerprint density at radius 3 is 2.37 bits per heavy atom. The lowest BCUT2D eigenvalue weighted by molar-refractivity contribution is 0.561. The third-order valence-corrected chi connectivity index (χ3v) is 3.20. The van der Waals surface area contributed by atoms with Crippen molar-refractivity contribution in [3.05, 3.63) is 70.1 Å². The molecule has 19 heavy (non-hydrogen) atoms. The van der Waals surface area contributed by atoms with E-state index in [0.717, 1.165) is 16.5 Å². The molecule has 0 bridgehead atoms. The van der Waals surface area contributed by atoms with E-state index >= 15 is 0 Å². The summed E-state index contributed by atoms with van der Waals surface area (Å²) in [6.45, 7) is 4.17. The summed E-state index contributed by atoms with van der Waals surface area (Å²) < 4.78 is 5.23. The Hall–Kier alpha value is -2.35. The Balaban J connectivity index is 2.33. The zero-order chi connectivity index (χ0) is 13.4. The molecule has 2 aromatic carbocycles. The first-order chi connectivity index (χ1) is 9.13. The van der Waals surface area contributed by atoms with Gasteiger partial charge in [-0.2, -0.15) is 0 Å². The second-order valence-corrected chi connectivity index (χ2v) is 4.85. The van der Waals surface area contributed by atoms with Crippen LogP contribution in [0.2, 0.25) is 0 Å². The fourth-order valence-electron chi connectivity index (χ4n) is 2.48. The average molecular weight is 250 g/mol. The first kappa shape index (κ1) is 11.7. The van der Waals surface area contributed by atoms with E-state index in [1.165, 1.54) is 17.2 Å². The highest BCUT2D eigenvalue weighted by Crippen LogP contribution is 2.29. The molecule has 2 nitrogen and oxygen atoms in total. The van der Waals surface area contributed by atoms with Crippen LogP contribution in [0, 0.1) is 13.8 Å². The molecule has 0 aliphatic rings. The van der Waals surface area contributed by atoms with Crippen LogP contribution in [0.3, 0.4) is 0 Å². The van der Waals surface area contributed by atoms with Crippen LogP contribution >= 0.6 is 0 Å². The standard InChI is InChI=1S/C17H14O2/c1-11-8-12(2)10-13(9-11)14-4-3-5-16-15(14)6-7-17(18)19-16/h3-10H,1-2H3. The van der Waals surface area contributed by atoms with Gasteiger partial charge in [0.2, 0.25) is 0 Å². The average Bonchev–Trinajstić information content (AvgIpc) is 2.36. The van der Waals surface area contributed by atoms with E-state index in [1.807, 2.05) is 18.2 Å². The van der Waals surface area contributed by atoms with Crippen molar-refractivity contribution < 1.29 is 4.42 Å². The Morgan fingerprint density at radius 2 is 1.63 bits per heavy atom. The van der Waals surface area contributed by atoms with Crippen molar-refractivity contribution in [2.24, 2.45) is 0 Å². The number of rotatable bonds is 1. The van der Waals surface area contributed by atoms with Gasteiger partial charge in [0, 0.05) is 11.5 Å². The molecule has 0 N–H and O–H groups in total. The summed E-state index contributed by atoms with van der Waals surface area (Å²) >= 11 is 0. The quantitative estimate of drug-likeness (QED) is 0.609. The molecule has 0 unspecified atom stereocenters. The van der Waals surface area contributed by atoms with Gasteiger partial charge in [-0.25, -0.2) is 4.79 Å². The third kappa shape index (κ3) is 2.17. The monoisotopic (exact) mass is 250 g/mol. The van der Waals surface area contributed by atoms with E-state index in [0.29, 0.717) is 5.58 Å². The van der Waals surface area contributed by atoms with Crippen LogP contribution in [0.4, 0.5) is 0 Å². The normalized spacial score (nSPS) is 10.8. The zero-order valence-corrected chi connectivity index (χ0v) is 10.9. The summed E-state index contributed by atoms with van der Waals surface area (Å²) in [7, 11) is 0. The van der Waals surface area contributed by atoms with Crippen molar-refractivity contribution in [2.45, 2.75) is 13.8 Å². The van der Waals surface area contributed by atoms with Crippen LogP contribution in [0.15, 0.2) is 57.7 Å². The molecule has 0 aliphatic heterocycles. The van der Waals surface area contributed by atoms with Gasteiger partial charge in [-0.05, 0) is 37.1 Å². The predicted molar refractivity (Wildman–Crippen MR) is 77.4 cm³/mol. The minimum Gasteiger partial charge on any atom is -0.423 e. The summed E-state index contributed by atoms with van der Waals surface area (Å²) in [5.41, 5.74) is 5.01. The topological polar surface area (TPSA) is 30.2 Å². The van der Waals surface area contributed by atoms with Gasteiger partial charge >= 0.3 is 5.63 Å². The molecule has 1 aromatic heterocycles. The fourth-order valence-corrected chi connectivity index (χ4v) is 2.48. The molecule has 0 amide bonds. The van der Waals surface area contributed by atoms with Crippen molar-refractivity contribution in [2.75, 3.05) is 0 Å². The highest BCUT2D eigenvalue weighted by Gasteiger charge is 2.06. The third-order valence-electron chi connectivity index (χ3n) is 3.20. The lowest BCUT2D eigenvalue weighted by Crippen LogP contribution is -1.95. The minimum atomic E-state index is -0.315. The molecule has 0 saturated carbocycles. The Labute approximate surface area is 111 Å². The summed E-state index contributed by atoms with van der Waals surface area (Å²) in [5.74, 6) is 0. The molecule has 3 aromatic rings. The minimum absolute atomic E-state index is 0.315. The first-order valence-electron chi connectivity index (χ1n) is 6.25. The highest BCUT2D eigenvalue weighted by molar-refractivity contribution is 5.93. The molecule has 3 rings (SSSR count). The van der Waals surface area contributed by atoms with Crippen LogP contribution < -0.4 is 5.63 Å². The Bertz CT molecular complexity index is 793. The highest BCUT2D eigenvalue weighted by atomic mass is 16.4. The fraction of sp³-hybridized carbons (Fsp3) is 0.118. The largest absolute Gasteiger partial charge is 0.423 e. The number of hydrogen-bond acceptors (Lipinski definition) is 2. The van der Waals surface area contributed by atoms with Gasteiger partial charge in [0.05, 0.1) is 0 Å². The molecule has 0 atom stereocenters. The van der Waals surface area contributed by atoms with Gasteiger partial charge in [-0.15, -0.1) is 0 Å². The number of benzene rings is 2. The molecule has 2 heteroatoms. The van der Waals surface area contributed by atoms with E-state index in [2.05, 4.69) is 38.1 Å². The van der Waals surface area contributed by atoms with Crippen LogP contribution in [0.25, 0.3) is 22.1 Å². The molecule has 94 valence electrons. The molecule has 0 aliphatic carbocycles. The summed E-state index contributed by atoms with van der Waals surface area (Å²) in [6, 6.07) is 15.5. The van der Waals surface area contributed by atoms with Gasteiger partial charge in [0.1, 0.15) is 5.58 Å². The van der Waals surface area contributed by atoms with Gasteiger partial charge in [-0.3, -0.25) is 0 Å². The predicted octanol–water partition coefficient (Wildman–Crippen LogP) is 4.08. The summed E-state index contributed by atoms with van der Waals surface area (Å²) in [4.78, 5) is 11.3. The lowest BCUT2D eigenvalue weighted by Gasteiger charge is -2.08.